The highest BCUT2D eigenvalue weighted by atomic mass is 16.5. The van der Waals surface area contributed by atoms with Crippen molar-refractivity contribution in [3.05, 3.63) is 35.4 Å². The van der Waals surface area contributed by atoms with Crippen LogP contribution in [0.25, 0.3) is 0 Å². The molecule has 4 nitrogen and oxygen atoms in total. The third-order valence-electron chi connectivity index (χ3n) is 4.35. The maximum atomic E-state index is 12.3. The van der Waals surface area contributed by atoms with Gasteiger partial charge in [0.1, 0.15) is 0 Å². The molecule has 1 aromatic rings. The van der Waals surface area contributed by atoms with Crippen LogP contribution in [0.3, 0.4) is 0 Å². The quantitative estimate of drug-likeness (QED) is 0.839. The zero-order valence-electron chi connectivity index (χ0n) is 14.7. The van der Waals surface area contributed by atoms with E-state index in [-0.39, 0.29) is 11.8 Å². The maximum absolute atomic E-state index is 12.3. The number of carbonyl (C=O) groups excluding carboxylic acids is 1. The summed E-state index contributed by atoms with van der Waals surface area (Å²) in [5.41, 5.74) is 2.42. The van der Waals surface area contributed by atoms with Gasteiger partial charge < -0.3 is 10.1 Å². The molecule has 0 aliphatic carbocycles. The van der Waals surface area contributed by atoms with Crippen molar-refractivity contribution in [2.24, 2.45) is 5.92 Å². The lowest BCUT2D eigenvalue weighted by Crippen LogP contribution is -2.42. The van der Waals surface area contributed by atoms with Crippen molar-refractivity contribution in [3.63, 3.8) is 0 Å². The molecule has 1 unspecified atom stereocenters. The minimum Gasteiger partial charge on any atom is -0.379 e. The number of nitrogens with one attached hydrogen (secondary N) is 1. The second kappa shape index (κ2) is 9.04. The van der Waals surface area contributed by atoms with E-state index in [1.54, 1.807) is 0 Å². The molecule has 0 bridgehead atoms. The van der Waals surface area contributed by atoms with Gasteiger partial charge in [0.15, 0.2) is 0 Å². The summed E-state index contributed by atoms with van der Waals surface area (Å²) in [6.07, 6.45) is 1.08. The van der Waals surface area contributed by atoms with Gasteiger partial charge in [-0.15, -0.1) is 0 Å². The van der Waals surface area contributed by atoms with Crippen molar-refractivity contribution in [2.75, 3.05) is 39.4 Å². The summed E-state index contributed by atoms with van der Waals surface area (Å²) in [5, 5.41) is 3.05. The highest BCUT2D eigenvalue weighted by molar-refractivity contribution is 5.83. The molecule has 1 N–H and O–H groups in total. The molecule has 2 rings (SSSR count). The fourth-order valence-corrected chi connectivity index (χ4v) is 2.88. The van der Waals surface area contributed by atoms with Crippen LogP contribution >= 0.6 is 0 Å². The van der Waals surface area contributed by atoms with Gasteiger partial charge in [0, 0.05) is 26.2 Å². The molecule has 1 amide bonds. The van der Waals surface area contributed by atoms with E-state index >= 15 is 0 Å². The van der Waals surface area contributed by atoms with E-state index in [1.807, 2.05) is 6.92 Å². The molecular formula is C19H30N2O2. The van der Waals surface area contributed by atoms with Crippen LogP contribution in [0.1, 0.15) is 37.8 Å². The molecule has 1 heterocycles. The molecule has 1 atom stereocenters. The first-order chi connectivity index (χ1) is 11.1. The lowest BCUT2D eigenvalue weighted by molar-refractivity contribution is -0.122. The van der Waals surface area contributed by atoms with Crippen molar-refractivity contribution in [3.8, 4) is 0 Å². The van der Waals surface area contributed by atoms with E-state index < -0.39 is 0 Å². The van der Waals surface area contributed by atoms with Gasteiger partial charge in [-0.1, -0.05) is 38.1 Å². The van der Waals surface area contributed by atoms with E-state index in [1.165, 1.54) is 5.56 Å². The Morgan fingerprint density at radius 1 is 1.17 bits per heavy atom. The molecule has 0 saturated carbocycles. The van der Waals surface area contributed by atoms with Crippen LogP contribution in [0.2, 0.25) is 0 Å². The molecule has 4 heteroatoms. The molecule has 0 spiro atoms. The first kappa shape index (κ1) is 18.0. The molecule has 23 heavy (non-hydrogen) atoms. The Bertz CT molecular complexity index is 479. The average molecular weight is 318 g/mol. The third-order valence-corrected chi connectivity index (χ3v) is 4.35. The van der Waals surface area contributed by atoms with Gasteiger partial charge in [-0.2, -0.15) is 0 Å². The normalized spacial score (nSPS) is 17.2. The van der Waals surface area contributed by atoms with E-state index in [0.29, 0.717) is 12.5 Å². The van der Waals surface area contributed by atoms with Crippen molar-refractivity contribution < 1.29 is 9.53 Å². The topological polar surface area (TPSA) is 41.6 Å². The lowest BCUT2D eigenvalue weighted by Gasteiger charge is -2.26. The molecule has 1 saturated heterocycles. The van der Waals surface area contributed by atoms with Crippen LogP contribution in [0, 0.1) is 5.92 Å². The first-order valence-electron chi connectivity index (χ1n) is 8.73. The predicted octanol–water partition coefficient (Wildman–Crippen LogP) is 2.44. The fraction of sp³-hybridized carbons (Fsp3) is 0.632. The first-order valence-corrected chi connectivity index (χ1v) is 8.73. The number of benzene rings is 1. The SMILES string of the molecule is CC(C)Cc1ccc(C(C)C(=O)NCCN2CCOCC2)cc1. The van der Waals surface area contributed by atoms with Crippen LogP contribution in [0.4, 0.5) is 0 Å². The van der Waals surface area contributed by atoms with Gasteiger partial charge >= 0.3 is 0 Å². The second-order valence-electron chi connectivity index (χ2n) is 6.81. The van der Waals surface area contributed by atoms with Crippen LogP contribution < -0.4 is 5.32 Å². The highest BCUT2D eigenvalue weighted by Crippen LogP contribution is 2.17. The minimum atomic E-state index is -0.104. The number of carbonyl (C=O) groups is 1. The van der Waals surface area contributed by atoms with Gasteiger partial charge in [0.2, 0.25) is 5.91 Å². The van der Waals surface area contributed by atoms with E-state index in [2.05, 4.69) is 48.3 Å². The average Bonchev–Trinajstić information content (AvgIpc) is 2.55. The smallest absolute Gasteiger partial charge is 0.227 e. The summed E-state index contributed by atoms with van der Waals surface area (Å²) < 4.78 is 5.33. The van der Waals surface area contributed by atoms with E-state index in [9.17, 15) is 4.79 Å². The number of nitrogens with zero attached hydrogens (tertiary/aromatic N) is 1. The van der Waals surface area contributed by atoms with Gasteiger partial charge in [-0.05, 0) is 30.4 Å². The molecule has 128 valence electrons. The largest absolute Gasteiger partial charge is 0.379 e. The Morgan fingerprint density at radius 2 is 1.83 bits per heavy atom. The van der Waals surface area contributed by atoms with Crippen molar-refractivity contribution in [2.45, 2.75) is 33.1 Å². The second-order valence-corrected chi connectivity index (χ2v) is 6.81. The van der Waals surface area contributed by atoms with Crippen LogP contribution in [-0.4, -0.2) is 50.2 Å². The summed E-state index contributed by atoms with van der Waals surface area (Å²) >= 11 is 0. The molecule has 0 radical (unpaired) electrons. The van der Waals surface area contributed by atoms with Crippen LogP contribution in [0.5, 0.6) is 0 Å². The molecule has 1 aliphatic rings. The minimum absolute atomic E-state index is 0.104. The van der Waals surface area contributed by atoms with Gasteiger partial charge in [-0.3, -0.25) is 9.69 Å². The molecular weight excluding hydrogens is 288 g/mol. The van der Waals surface area contributed by atoms with Gasteiger partial charge in [0.25, 0.3) is 0 Å². The van der Waals surface area contributed by atoms with Crippen molar-refractivity contribution in [1.82, 2.24) is 10.2 Å². The molecule has 1 aliphatic heterocycles. The summed E-state index contributed by atoms with van der Waals surface area (Å²) in [7, 11) is 0. The Kier molecular flexibility index (Phi) is 7.06. The zero-order chi connectivity index (χ0) is 16.7. The standard InChI is InChI=1S/C19H30N2O2/c1-15(2)14-17-4-6-18(7-5-17)16(3)19(22)20-8-9-21-10-12-23-13-11-21/h4-7,15-16H,8-14H2,1-3H3,(H,20,22). The summed E-state index contributed by atoms with van der Waals surface area (Å²) in [6.45, 7) is 11.5. The Balaban J connectivity index is 1.77. The van der Waals surface area contributed by atoms with Crippen molar-refractivity contribution in [1.29, 1.82) is 0 Å². The van der Waals surface area contributed by atoms with Gasteiger partial charge in [-0.25, -0.2) is 0 Å². The highest BCUT2D eigenvalue weighted by Gasteiger charge is 2.16. The van der Waals surface area contributed by atoms with Crippen LogP contribution in [0.15, 0.2) is 24.3 Å². The van der Waals surface area contributed by atoms with Crippen LogP contribution in [-0.2, 0) is 16.0 Å². The van der Waals surface area contributed by atoms with E-state index in [4.69, 9.17) is 4.74 Å². The third kappa shape index (κ3) is 5.96. The van der Waals surface area contributed by atoms with E-state index in [0.717, 1.165) is 44.8 Å². The fourth-order valence-electron chi connectivity index (χ4n) is 2.88. The summed E-state index contributed by atoms with van der Waals surface area (Å²) in [5.74, 6) is 0.657. The number of amides is 1. The predicted molar refractivity (Wildman–Crippen MR) is 93.7 cm³/mol. The number of morpholine rings is 1. The number of rotatable bonds is 7. The summed E-state index contributed by atoms with van der Waals surface area (Å²) in [6, 6.07) is 8.47. The lowest BCUT2D eigenvalue weighted by atomic mass is 9.96. The number of hydrogen-bond acceptors (Lipinski definition) is 3. The zero-order valence-corrected chi connectivity index (χ0v) is 14.7. The monoisotopic (exact) mass is 318 g/mol. The van der Waals surface area contributed by atoms with Gasteiger partial charge in [0.05, 0.1) is 19.1 Å². The number of ether oxygens (including phenoxy) is 1. The Labute approximate surface area is 140 Å². The Hall–Kier alpha value is -1.39. The van der Waals surface area contributed by atoms with Crippen molar-refractivity contribution >= 4 is 5.91 Å². The maximum Gasteiger partial charge on any atom is 0.227 e. The Morgan fingerprint density at radius 3 is 2.43 bits per heavy atom. The molecule has 1 fully saturated rings. The molecule has 0 aromatic heterocycles. The summed E-state index contributed by atoms with van der Waals surface area (Å²) in [4.78, 5) is 14.6. The number of hydrogen-bond donors (Lipinski definition) is 1. The molecule has 1 aromatic carbocycles.